The minimum Gasteiger partial charge on any atom is -0.396 e. The number of aliphatic hydroxyl groups excluding tert-OH is 1. The Morgan fingerprint density at radius 2 is 2.17 bits per heavy atom. The van der Waals surface area contributed by atoms with Gasteiger partial charge in [0.2, 0.25) is 0 Å². The zero-order valence-corrected chi connectivity index (χ0v) is 10.6. The monoisotopic (exact) mass is 252 g/mol. The molecule has 0 bridgehead atoms. The minimum absolute atomic E-state index is 0.145. The molecule has 3 nitrogen and oxygen atoms in total. The highest BCUT2D eigenvalue weighted by molar-refractivity contribution is 5.50. The van der Waals surface area contributed by atoms with E-state index in [1.807, 2.05) is 12.1 Å². The second kappa shape index (κ2) is 6.16. The van der Waals surface area contributed by atoms with Gasteiger partial charge in [-0.3, -0.25) is 0 Å². The van der Waals surface area contributed by atoms with Crippen molar-refractivity contribution >= 4 is 5.69 Å². The van der Waals surface area contributed by atoms with Crippen LogP contribution in [0.4, 0.5) is 10.1 Å². The molecule has 0 amide bonds. The lowest BCUT2D eigenvalue weighted by Crippen LogP contribution is -2.41. The van der Waals surface area contributed by atoms with E-state index >= 15 is 0 Å². The van der Waals surface area contributed by atoms with E-state index in [2.05, 4.69) is 4.90 Å². The molecular weight excluding hydrogens is 231 g/mol. The highest BCUT2D eigenvalue weighted by atomic mass is 19.1. The number of nitrogens with zero attached hydrogens (tertiary/aromatic N) is 1. The van der Waals surface area contributed by atoms with E-state index in [0.717, 1.165) is 18.4 Å². The Morgan fingerprint density at radius 1 is 1.39 bits per heavy atom. The van der Waals surface area contributed by atoms with Crippen LogP contribution >= 0.6 is 0 Å². The summed E-state index contributed by atoms with van der Waals surface area (Å²) in [6, 6.07) is 5.63. The summed E-state index contributed by atoms with van der Waals surface area (Å²) in [7, 11) is 0. The molecule has 0 atom stereocenters. The van der Waals surface area contributed by atoms with E-state index < -0.39 is 0 Å². The number of hydrogen-bond donors (Lipinski definition) is 2. The molecule has 2 rings (SSSR count). The van der Waals surface area contributed by atoms with Crippen molar-refractivity contribution in [3.05, 3.63) is 29.6 Å². The van der Waals surface area contributed by atoms with Crippen molar-refractivity contribution in [3.63, 3.8) is 0 Å². The summed E-state index contributed by atoms with van der Waals surface area (Å²) in [5, 5.41) is 8.95. The van der Waals surface area contributed by atoms with Crippen molar-refractivity contribution in [2.45, 2.75) is 38.3 Å². The highest BCUT2D eigenvalue weighted by Gasteiger charge is 2.26. The van der Waals surface area contributed by atoms with Gasteiger partial charge in [-0.1, -0.05) is 6.07 Å². The molecule has 1 aromatic rings. The number of anilines is 1. The summed E-state index contributed by atoms with van der Waals surface area (Å²) in [6.07, 6.45) is 4.12. The van der Waals surface area contributed by atoms with E-state index in [9.17, 15) is 4.39 Å². The molecule has 1 aliphatic rings. The Labute approximate surface area is 107 Å². The standard InChI is InChI=1S/C14H21FN2O/c15-13-9-11(10-16)5-6-14(13)17(7-2-8-18)12-3-1-4-12/h5-6,9,12,18H,1-4,7-8,10,16H2. The Bertz CT molecular complexity index is 393. The normalized spacial score (nSPS) is 15.5. The third-order valence-corrected chi connectivity index (χ3v) is 3.63. The van der Waals surface area contributed by atoms with E-state index in [-0.39, 0.29) is 12.4 Å². The molecule has 1 fully saturated rings. The van der Waals surface area contributed by atoms with Gasteiger partial charge in [-0.15, -0.1) is 0 Å². The van der Waals surface area contributed by atoms with Gasteiger partial charge >= 0.3 is 0 Å². The van der Waals surface area contributed by atoms with Crippen molar-refractivity contribution in [2.75, 3.05) is 18.1 Å². The van der Waals surface area contributed by atoms with Gasteiger partial charge in [0.25, 0.3) is 0 Å². The first-order valence-corrected chi connectivity index (χ1v) is 6.62. The summed E-state index contributed by atoms with van der Waals surface area (Å²) >= 11 is 0. The molecule has 0 unspecified atom stereocenters. The molecule has 0 heterocycles. The number of nitrogens with two attached hydrogens (primary N) is 1. The summed E-state index contributed by atoms with van der Waals surface area (Å²) in [4.78, 5) is 2.09. The van der Waals surface area contributed by atoms with Crippen molar-refractivity contribution in [1.82, 2.24) is 0 Å². The molecule has 18 heavy (non-hydrogen) atoms. The molecule has 0 aliphatic heterocycles. The maximum absolute atomic E-state index is 14.1. The molecule has 0 aromatic heterocycles. The van der Waals surface area contributed by atoms with E-state index in [4.69, 9.17) is 10.8 Å². The van der Waals surface area contributed by atoms with Gasteiger partial charge < -0.3 is 15.7 Å². The van der Waals surface area contributed by atoms with Gasteiger partial charge in [0, 0.05) is 25.7 Å². The SMILES string of the molecule is NCc1ccc(N(CCCO)C2CCC2)c(F)c1. The third kappa shape index (κ3) is 2.82. The molecule has 0 radical (unpaired) electrons. The van der Waals surface area contributed by atoms with Gasteiger partial charge in [0.1, 0.15) is 5.82 Å². The Balaban J connectivity index is 2.18. The fourth-order valence-corrected chi connectivity index (χ4v) is 2.35. The number of rotatable bonds is 6. The largest absolute Gasteiger partial charge is 0.396 e. The lowest BCUT2D eigenvalue weighted by atomic mass is 9.90. The van der Waals surface area contributed by atoms with Crippen molar-refractivity contribution in [3.8, 4) is 0 Å². The molecule has 0 saturated heterocycles. The third-order valence-electron chi connectivity index (χ3n) is 3.63. The molecule has 0 spiro atoms. The van der Waals surface area contributed by atoms with Crippen LogP contribution in [0.1, 0.15) is 31.2 Å². The molecule has 1 aromatic carbocycles. The predicted octanol–water partition coefficient (Wildman–Crippen LogP) is 2.03. The van der Waals surface area contributed by atoms with Crippen molar-refractivity contribution in [2.24, 2.45) is 5.73 Å². The second-order valence-corrected chi connectivity index (χ2v) is 4.85. The second-order valence-electron chi connectivity index (χ2n) is 4.85. The average Bonchev–Trinajstić information content (AvgIpc) is 2.32. The average molecular weight is 252 g/mol. The lowest BCUT2D eigenvalue weighted by Gasteiger charge is -2.39. The zero-order chi connectivity index (χ0) is 13.0. The zero-order valence-electron chi connectivity index (χ0n) is 10.6. The molecular formula is C14H21FN2O. The fraction of sp³-hybridized carbons (Fsp3) is 0.571. The first kappa shape index (κ1) is 13.3. The van der Waals surface area contributed by atoms with Crippen LogP contribution in [0.5, 0.6) is 0 Å². The predicted molar refractivity (Wildman–Crippen MR) is 71.0 cm³/mol. The van der Waals surface area contributed by atoms with Crippen molar-refractivity contribution in [1.29, 1.82) is 0 Å². The smallest absolute Gasteiger partial charge is 0.146 e. The number of halogens is 1. The van der Waals surface area contributed by atoms with Crippen LogP contribution in [0.2, 0.25) is 0 Å². The summed E-state index contributed by atoms with van der Waals surface area (Å²) in [6.45, 7) is 1.21. The van der Waals surface area contributed by atoms with Crippen LogP contribution in [0, 0.1) is 5.82 Å². The van der Waals surface area contributed by atoms with Crippen LogP contribution in [-0.4, -0.2) is 24.3 Å². The quantitative estimate of drug-likeness (QED) is 0.814. The molecule has 1 saturated carbocycles. The van der Waals surface area contributed by atoms with E-state index in [0.29, 0.717) is 31.2 Å². The van der Waals surface area contributed by atoms with Gasteiger partial charge in [0.15, 0.2) is 0 Å². The van der Waals surface area contributed by atoms with E-state index in [1.54, 1.807) is 0 Å². The Hall–Kier alpha value is -1.13. The number of aliphatic hydroxyl groups is 1. The summed E-state index contributed by atoms with van der Waals surface area (Å²) in [5.74, 6) is -0.206. The summed E-state index contributed by atoms with van der Waals surface area (Å²) in [5.41, 5.74) is 6.96. The minimum atomic E-state index is -0.206. The maximum atomic E-state index is 14.1. The van der Waals surface area contributed by atoms with Gasteiger partial charge in [-0.05, 0) is 43.4 Å². The number of hydrogen-bond acceptors (Lipinski definition) is 3. The number of benzene rings is 1. The van der Waals surface area contributed by atoms with Crippen molar-refractivity contribution < 1.29 is 9.50 Å². The Kier molecular flexibility index (Phi) is 4.55. The lowest BCUT2D eigenvalue weighted by molar-refractivity contribution is 0.282. The molecule has 100 valence electrons. The molecule has 1 aliphatic carbocycles. The van der Waals surface area contributed by atoms with Crippen LogP contribution < -0.4 is 10.6 Å². The molecule has 3 N–H and O–H groups in total. The van der Waals surface area contributed by atoms with Gasteiger partial charge in [-0.25, -0.2) is 4.39 Å². The topological polar surface area (TPSA) is 49.5 Å². The first-order chi connectivity index (χ1) is 8.76. The van der Waals surface area contributed by atoms with E-state index in [1.165, 1.54) is 12.5 Å². The Morgan fingerprint density at radius 3 is 2.67 bits per heavy atom. The summed E-state index contributed by atoms with van der Waals surface area (Å²) < 4.78 is 14.1. The van der Waals surface area contributed by atoms with Gasteiger partial charge in [-0.2, -0.15) is 0 Å². The van der Waals surface area contributed by atoms with Crippen LogP contribution in [0.25, 0.3) is 0 Å². The fourth-order valence-electron chi connectivity index (χ4n) is 2.35. The molecule has 4 heteroatoms. The van der Waals surface area contributed by atoms with Crippen LogP contribution in [0.3, 0.4) is 0 Å². The highest BCUT2D eigenvalue weighted by Crippen LogP contribution is 2.31. The van der Waals surface area contributed by atoms with Gasteiger partial charge in [0.05, 0.1) is 5.69 Å². The van der Waals surface area contributed by atoms with Crippen LogP contribution in [-0.2, 0) is 6.54 Å². The maximum Gasteiger partial charge on any atom is 0.146 e. The first-order valence-electron chi connectivity index (χ1n) is 6.62. The van der Waals surface area contributed by atoms with Crippen LogP contribution in [0.15, 0.2) is 18.2 Å².